The molecule has 0 aromatic heterocycles. The van der Waals surface area contributed by atoms with E-state index in [2.05, 4.69) is 43.4 Å². The van der Waals surface area contributed by atoms with E-state index >= 15 is 0 Å². The van der Waals surface area contributed by atoms with Crippen LogP contribution in [0.4, 0.5) is 5.69 Å². The van der Waals surface area contributed by atoms with Crippen LogP contribution in [0, 0.1) is 13.8 Å². The van der Waals surface area contributed by atoms with E-state index in [0.717, 1.165) is 23.6 Å². The summed E-state index contributed by atoms with van der Waals surface area (Å²) in [6.45, 7) is 4.98. The predicted octanol–water partition coefficient (Wildman–Crippen LogP) is 5.71. The molecule has 3 aromatic carbocycles. The van der Waals surface area contributed by atoms with Gasteiger partial charge in [-0.05, 0) is 43.2 Å². The van der Waals surface area contributed by atoms with E-state index in [1.165, 1.54) is 16.8 Å². The van der Waals surface area contributed by atoms with Crippen LogP contribution >= 0.6 is 0 Å². The lowest BCUT2D eigenvalue weighted by Crippen LogP contribution is -2.04. The Morgan fingerprint density at radius 3 is 2.13 bits per heavy atom. The van der Waals surface area contributed by atoms with Crippen molar-refractivity contribution in [3.05, 3.63) is 89.5 Å². The van der Waals surface area contributed by atoms with Crippen LogP contribution in [-0.2, 0) is 6.54 Å². The van der Waals surface area contributed by atoms with Crippen molar-refractivity contribution in [2.45, 2.75) is 20.4 Å². The summed E-state index contributed by atoms with van der Waals surface area (Å²) < 4.78 is 6.02. The van der Waals surface area contributed by atoms with Crippen molar-refractivity contribution < 1.29 is 4.74 Å². The third-order valence-electron chi connectivity index (χ3n) is 3.88. The highest BCUT2D eigenvalue weighted by atomic mass is 16.5. The quantitative estimate of drug-likeness (QED) is 0.652. The number of para-hydroxylation sites is 3. The lowest BCUT2D eigenvalue weighted by Gasteiger charge is -2.15. The van der Waals surface area contributed by atoms with E-state index in [-0.39, 0.29) is 0 Å². The predicted molar refractivity (Wildman–Crippen MR) is 96.2 cm³/mol. The molecule has 0 amide bonds. The van der Waals surface area contributed by atoms with Crippen molar-refractivity contribution in [2.24, 2.45) is 0 Å². The summed E-state index contributed by atoms with van der Waals surface area (Å²) in [6.07, 6.45) is 0. The van der Waals surface area contributed by atoms with E-state index in [4.69, 9.17) is 4.74 Å². The number of hydrogen-bond acceptors (Lipinski definition) is 2. The SMILES string of the molecule is Cc1cccc(C)c1NCc1ccccc1Oc1ccccc1. The second-order valence-corrected chi connectivity index (χ2v) is 5.64. The molecular formula is C21H21NO. The molecule has 0 heterocycles. The van der Waals surface area contributed by atoms with Gasteiger partial charge in [0.05, 0.1) is 0 Å². The fourth-order valence-electron chi connectivity index (χ4n) is 2.64. The Labute approximate surface area is 137 Å². The van der Waals surface area contributed by atoms with Crippen molar-refractivity contribution in [3.63, 3.8) is 0 Å². The summed E-state index contributed by atoms with van der Waals surface area (Å²) in [5.74, 6) is 1.74. The van der Waals surface area contributed by atoms with Gasteiger partial charge in [-0.15, -0.1) is 0 Å². The summed E-state index contributed by atoms with van der Waals surface area (Å²) in [5, 5.41) is 3.54. The molecule has 0 fully saturated rings. The van der Waals surface area contributed by atoms with E-state index in [1.54, 1.807) is 0 Å². The number of rotatable bonds is 5. The normalized spacial score (nSPS) is 10.3. The van der Waals surface area contributed by atoms with Crippen molar-refractivity contribution in [1.82, 2.24) is 0 Å². The topological polar surface area (TPSA) is 21.3 Å². The lowest BCUT2D eigenvalue weighted by atomic mass is 10.1. The second-order valence-electron chi connectivity index (χ2n) is 5.64. The van der Waals surface area contributed by atoms with Gasteiger partial charge in [-0.3, -0.25) is 0 Å². The molecule has 0 aliphatic rings. The van der Waals surface area contributed by atoms with Crippen LogP contribution in [0.25, 0.3) is 0 Å². The third-order valence-corrected chi connectivity index (χ3v) is 3.88. The molecule has 116 valence electrons. The summed E-state index contributed by atoms with van der Waals surface area (Å²) in [4.78, 5) is 0. The monoisotopic (exact) mass is 303 g/mol. The van der Waals surface area contributed by atoms with Crippen LogP contribution in [0.5, 0.6) is 11.5 Å². The molecule has 0 radical (unpaired) electrons. The number of ether oxygens (including phenoxy) is 1. The Kier molecular flexibility index (Phi) is 4.62. The fraction of sp³-hybridized carbons (Fsp3) is 0.143. The van der Waals surface area contributed by atoms with E-state index in [9.17, 15) is 0 Å². The number of aryl methyl sites for hydroxylation is 2. The van der Waals surface area contributed by atoms with Crippen molar-refractivity contribution in [3.8, 4) is 11.5 Å². The van der Waals surface area contributed by atoms with Gasteiger partial charge < -0.3 is 10.1 Å². The molecule has 0 saturated heterocycles. The summed E-state index contributed by atoms with van der Waals surface area (Å²) in [5.41, 5.74) is 4.85. The maximum absolute atomic E-state index is 6.02. The molecule has 3 aromatic rings. The van der Waals surface area contributed by atoms with Gasteiger partial charge in [0.2, 0.25) is 0 Å². The molecule has 3 rings (SSSR count). The van der Waals surface area contributed by atoms with Crippen LogP contribution in [-0.4, -0.2) is 0 Å². The van der Waals surface area contributed by atoms with Gasteiger partial charge in [-0.1, -0.05) is 54.6 Å². The van der Waals surface area contributed by atoms with Crippen LogP contribution in [0.15, 0.2) is 72.8 Å². The first-order chi connectivity index (χ1) is 11.2. The van der Waals surface area contributed by atoms with Crippen LogP contribution in [0.2, 0.25) is 0 Å². The Morgan fingerprint density at radius 1 is 0.739 bits per heavy atom. The number of nitrogens with one attached hydrogen (secondary N) is 1. The molecule has 0 atom stereocenters. The standard InChI is InChI=1S/C21H21NO/c1-16-9-8-10-17(2)21(16)22-15-18-11-6-7-14-20(18)23-19-12-4-3-5-13-19/h3-14,22H,15H2,1-2H3. The Balaban J connectivity index is 1.78. The summed E-state index contributed by atoms with van der Waals surface area (Å²) in [7, 11) is 0. The molecule has 2 nitrogen and oxygen atoms in total. The van der Waals surface area contributed by atoms with Gasteiger partial charge in [0.1, 0.15) is 11.5 Å². The molecule has 0 aliphatic heterocycles. The van der Waals surface area contributed by atoms with Crippen molar-refractivity contribution in [1.29, 1.82) is 0 Å². The van der Waals surface area contributed by atoms with Crippen LogP contribution < -0.4 is 10.1 Å². The molecule has 0 aliphatic carbocycles. The minimum Gasteiger partial charge on any atom is -0.457 e. The highest BCUT2D eigenvalue weighted by molar-refractivity contribution is 5.57. The first kappa shape index (κ1) is 15.2. The Morgan fingerprint density at radius 2 is 1.39 bits per heavy atom. The Bertz CT molecular complexity index is 761. The molecule has 23 heavy (non-hydrogen) atoms. The number of hydrogen-bond donors (Lipinski definition) is 1. The zero-order valence-electron chi connectivity index (χ0n) is 13.5. The minimum atomic E-state index is 0.731. The Hall–Kier alpha value is -2.74. The number of anilines is 1. The van der Waals surface area contributed by atoms with Gasteiger partial charge in [0.15, 0.2) is 0 Å². The lowest BCUT2D eigenvalue weighted by molar-refractivity contribution is 0.477. The highest BCUT2D eigenvalue weighted by Gasteiger charge is 2.06. The van der Waals surface area contributed by atoms with E-state index in [0.29, 0.717) is 0 Å². The van der Waals surface area contributed by atoms with Gasteiger partial charge >= 0.3 is 0 Å². The first-order valence-electron chi connectivity index (χ1n) is 7.85. The molecular weight excluding hydrogens is 282 g/mol. The molecule has 0 unspecified atom stereocenters. The zero-order chi connectivity index (χ0) is 16.1. The minimum absolute atomic E-state index is 0.731. The van der Waals surface area contributed by atoms with Gasteiger partial charge in [0, 0.05) is 17.8 Å². The number of benzene rings is 3. The average molecular weight is 303 g/mol. The van der Waals surface area contributed by atoms with Crippen LogP contribution in [0.3, 0.4) is 0 Å². The van der Waals surface area contributed by atoms with Gasteiger partial charge in [-0.25, -0.2) is 0 Å². The van der Waals surface area contributed by atoms with E-state index in [1.807, 2.05) is 48.5 Å². The molecule has 2 heteroatoms. The van der Waals surface area contributed by atoms with E-state index < -0.39 is 0 Å². The fourth-order valence-corrected chi connectivity index (χ4v) is 2.64. The maximum Gasteiger partial charge on any atom is 0.132 e. The second kappa shape index (κ2) is 7.01. The van der Waals surface area contributed by atoms with Crippen molar-refractivity contribution >= 4 is 5.69 Å². The average Bonchev–Trinajstić information content (AvgIpc) is 2.57. The highest BCUT2D eigenvalue weighted by Crippen LogP contribution is 2.27. The smallest absolute Gasteiger partial charge is 0.132 e. The van der Waals surface area contributed by atoms with Gasteiger partial charge in [0.25, 0.3) is 0 Å². The largest absolute Gasteiger partial charge is 0.457 e. The first-order valence-corrected chi connectivity index (χ1v) is 7.85. The molecule has 0 saturated carbocycles. The zero-order valence-corrected chi connectivity index (χ0v) is 13.5. The maximum atomic E-state index is 6.02. The summed E-state index contributed by atoms with van der Waals surface area (Å²) >= 11 is 0. The molecule has 1 N–H and O–H groups in total. The molecule has 0 bridgehead atoms. The van der Waals surface area contributed by atoms with Gasteiger partial charge in [-0.2, -0.15) is 0 Å². The molecule has 0 spiro atoms. The van der Waals surface area contributed by atoms with Crippen molar-refractivity contribution in [2.75, 3.05) is 5.32 Å². The van der Waals surface area contributed by atoms with Crippen LogP contribution in [0.1, 0.15) is 16.7 Å². The third kappa shape index (κ3) is 3.72. The summed E-state index contributed by atoms with van der Waals surface area (Å²) in [6, 6.07) is 24.4.